The highest BCUT2D eigenvalue weighted by Crippen LogP contribution is 2.23. The van der Waals surface area contributed by atoms with E-state index >= 15 is 0 Å². The summed E-state index contributed by atoms with van der Waals surface area (Å²) in [6.45, 7) is 4.27. The zero-order chi connectivity index (χ0) is 12.4. The lowest BCUT2D eigenvalue weighted by Crippen LogP contribution is -2.54. The van der Waals surface area contributed by atoms with E-state index in [0.29, 0.717) is 6.54 Å². The Morgan fingerprint density at radius 3 is 2.59 bits per heavy atom. The molecule has 1 aliphatic rings. The van der Waals surface area contributed by atoms with Crippen molar-refractivity contribution in [1.29, 1.82) is 0 Å². The molecule has 1 aliphatic heterocycles. The van der Waals surface area contributed by atoms with E-state index < -0.39 is 0 Å². The number of nitrogens with one attached hydrogen (secondary N) is 1. The zero-order valence-corrected chi connectivity index (χ0v) is 10.0. The second-order valence-electron chi connectivity index (χ2n) is 4.43. The molecule has 1 fully saturated rings. The van der Waals surface area contributed by atoms with Gasteiger partial charge in [-0.2, -0.15) is 0 Å². The molecule has 0 saturated carbocycles. The summed E-state index contributed by atoms with van der Waals surface area (Å²) in [4.78, 5) is 24.8. The molecular formula is C13H16N2O2. The number of rotatable bonds is 2. The van der Waals surface area contributed by atoms with Gasteiger partial charge in [-0.1, -0.05) is 37.3 Å². The van der Waals surface area contributed by atoms with Crippen LogP contribution in [0.1, 0.15) is 25.5 Å². The Labute approximate surface area is 101 Å². The van der Waals surface area contributed by atoms with Crippen molar-refractivity contribution in [2.45, 2.75) is 19.9 Å². The van der Waals surface area contributed by atoms with E-state index in [1.54, 1.807) is 4.90 Å². The van der Waals surface area contributed by atoms with Crippen LogP contribution in [0.25, 0.3) is 0 Å². The van der Waals surface area contributed by atoms with Crippen molar-refractivity contribution in [3.05, 3.63) is 35.9 Å². The lowest BCUT2D eigenvalue weighted by Gasteiger charge is -2.35. The summed E-state index contributed by atoms with van der Waals surface area (Å²) in [5.41, 5.74) is 1.07. The van der Waals surface area contributed by atoms with Gasteiger partial charge >= 0.3 is 6.03 Å². The largest absolute Gasteiger partial charge is 0.324 e. The van der Waals surface area contributed by atoms with Crippen LogP contribution in [0.3, 0.4) is 0 Å². The van der Waals surface area contributed by atoms with E-state index in [-0.39, 0.29) is 23.9 Å². The number of carbonyl (C=O) groups is 2. The quantitative estimate of drug-likeness (QED) is 0.847. The second-order valence-corrected chi connectivity index (χ2v) is 4.43. The van der Waals surface area contributed by atoms with Gasteiger partial charge in [0.2, 0.25) is 5.91 Å². The van der Waals surface area contributed by atoms with Crippen molar-refractivity contribution in [2.24, 2.45) is 5.92 Å². The first-order chi connectivity index (χ1) is 8.09. The van der Waals surface area contributed by atoms with Gasteiger partial charge in [-0.25, -0.2) is 4.79 Å². The molecule has 0 radical (unpaired) electrons. The van der Waals surface area contributed by atoms with Gasteiger partial charge in [-0.15, -0.1) is 0 Å². The normalized spacial score (nSPS) is 22.2. The summed E-state index contributed by atoms with van der Waals surface area (Å²) >= 11 is 0. The van der Waals surface area contributed by atoms with Crippen LogP contribution in [0.4, 0.5) is 4.79 Å². The standard InChI is InChI=1S/C13H16N2O2/c1-9-8-15(13(17)14-12(9)16)10(2)11-6-4-3-5-7-11/h3-7,9-10H,8H2,1-2H3,(H,14,16,17). The van der Waals surface area contributed by atoms with E-state index in [9.17, 15) is 9.59 Å². The highest BCUT2D eigenvalue weighted by molar-refractivity contribution is 5.97. The van der Waals surface area contributed by atoms with E-state index in [2.05, 4.69) is 5.32 Å². The van der Waals surface area contributed by atoms with Crippen molar-refractivity contribution < 1.29 is 9.59 Å². The van der Waals surface area contributed by atoms with Gasteiger partial charge in [0.25, 0.3) is 0 Å². The number of nitrogens with zero attached hydrogens (tertiary/aromatic N) is 1. The first kappa shape index (κ1) is 11.6. The summed E-state index contributed by atoms with van der Waals surface area (Å²) in [6.07, 6.45) is 0. The predicted octanol–water partition coefficient (Wildman–Crippen LogP) is 1.94. The van der Waals surface area contributed by atoms with Crippen LogP contribution in [0.15, 0.2) is 30.3 Å². The second kappa shape index (κ2) is 4.57. The van der Waals surface area contributed by atoms with Gasteiger partial charge in [0, 0.05) is 6.54 Å². The molecular weight excluding hydrogens is 216 g/mol. The average Bonchev–Trinajstić information content (AvgIpc) is 2.34. The molecule has 2 rings (SSSR count). The minimum atomic E-state index is -0.301. The molecule has 1 heterocycles. The van der Waals surface area contributed by atoms with Crippen LogP contribution in [0.5, 0.6) is 0 Å². The molecule has 4 heteroatoms. The maximum absolute atomic E-state index is 11.8. The van der Waals surface area contributed by atoms with Crippen LogP contribution < -0.4 is 5.32 Å². The van der Waals surface area contributed by atoms with E-state index in [1.165, 1.54) is 0 Å². The molecule has 2 unspecified atom stereocenters. The molecule has 0 aliphatic carbocycles. The number of amides is 3. The number of imide groups is 1. The molecule has 0 bridgehead atoms. The number of benzene rings is 1. The number of carbonyl (C=O) groups excluding carboxylic acids is 2. The Morgan fingerprint density at radius 1 is 1.29 bits per heavy atom. The van der Waals surface area contributed by atoms with Crippen LogP contribution in [-0.4, -0.2) is 23.4 Å². The molecule has 1 saturated heterocycles. The molecule has 0 aromatic heterocycles. The van der Waals surface area contributed by atoms with E-state index in [0.717, 1.165) is 5.56 Å². The van der Waals surface area contributed by atoms with Crippen molar-refractivity contribution >= 4 is 11.9 Å². The summed E-state index contributed by atoms with van der Waals surface area (Å²) in [5, 5.41) is 2.38. The van der Waals surface area contributed by atoms with Crippen LogP contribution in [0, 0.1) is 5.92 Å². The Bertz CT molecular complexity index is 430. The van der Waals surface area contributed by atoms with E-state index in [1.807, 2.05) is 44.2 Å². The fourth-order valence-electron chi connectivity index (χ4n) is 2.01. The molecule has 1 aromatic rings. The third kappa shape index (κ3) is 2.30. The Morgan fingerprint density at radius 2 is 1.94 bits per heavy atom. The van der Waals surface area contributed by atoms with Gasteiger partial charge < -0.3 is 4.90 Å². The third-order valence-corrected chi connectivity index (χ3v) is 3.16. The van der Waals surface area contributed by atoms with E-state index in [4.69, 9.17) is 0 Å². The summed E-state index contributed by atoms with van der Waals surface area (Å²) in [6, 6.07) is 9.48. The molecule has 4 nitrogen and oxygen atoms in total. The minimum absolute atomic E-state index is 0.0215. The maximum atomic E-state index is 11.8. The SMILES string of the molecule is CC1CN(C(C)c2ccccc2)C(=O)NC1=O. The molecule has 1 N–H and O–H groups in total. The van der Waals surface area contributed by atoms with Crippen molar-refractivity contribution in [2.75, 3.05) is 6.54 Å². The Balaban J connectivity index is 2.17. The van der Waals surface area contributed by atoms with Gasteiger partial charge in [-0.05, 0) is 12.5 Å². The fraction of sp³-hybridized carbons (Fsp3) is 0.385. The van der Waals surface area contributed by atoms with Crippen LogP contribution in [-0.2, 0) is 4.79 Å². The first-order valence-electron chi connectivity index (χ1n) is 5.76. The summed E-state index contributed by atoms with van der Waals surface area (Å²) in [7, 11) is 0. The number of hydrogen-bond acceptors (Lipinski definition) is 2. The molecule has 17 heavy (non-hydrogen) atoms. The van der Waals surface area contributed by atoms with Crippen LogP contribution >= 0.6 is 0 Å². The summed E-state index contributed by atoms with van der Waals surface area (Å²) < 4.78 is 0. The van der Waals surface area contributed by atoms with Gasteiger partial charge in [-0.3, -0.25) is 10.1 Å². The molecule has 1 aromatic carbocycles. The number of hydrogen-bond donors (Lipinski definition) is 1. The lowest BCUT2D eigenvalue weighted by atomic mass is 10.0. The Kier molecular flexibility index (Phi) is 3.13. The molecule has 3 amide bonds. The average molecular weight is 232 g/mol. The predicted molar refractivity (Wildman–Crippen MR) is 64.3 cm³/mol. The topological polar surface area (TPSA) is 49.4 Å². The van der Waals surface area contributed by atoms with Crippen LogP contribution in [0.2, 0.25) is 0 Å². The molecule has 2 atom stereocenters. The van der Waals surface area contributed by atoms with Gasteiger partial charge in [0.1, 0.15) is 0 Å². The lowest BCUT2D eigenvalue weighted by molar-refractivity contribution is -0.125. The number of urea groups is 1. The Hall–Kier alpha value is -1.84. The van der Waals surface area contributed by atoms with Crippen molar-refractivity contribution in [3.63, 3.8) is 0 Å². The minimum Gasteiger partial charge on any atom is -0.317 e. The molecule has 90 valence electrons. The highest BCUT2D eigenvalue weighted by atomic mass is 16.2. The fourth-order valence-corrected chi connectivity index (χ4v) is 2.01. The highest BCUT2D eigenvalue weighted by Gasteiger charge is 2.32. The van der Waals surface area contributed by atoms with Crippen molar-refractivity contribution in [1.82, 2.24) is 10.2 Å². The van der Waals surface area contributed by atoms with Crippen molar-refractivity contribution in [3.8, 4) is 0 Å². The molecule has 0 spiro atoms. The third-order valence-electron chi connectivity index (χ3n) is 3.16. The smallest absolute Gasteiger partial charge is 0.317 e. The summed E-state index contributed by atoms with van der Waals surface area (Å²) in [5.74, 6) is -0.342. The maximum Gasteiger partial charge on any atom is 0.324 e. The monoisotopic (exact) mass is 232 g/mol. The van der Waals surface area contributed by atoms with Gasteiger partial charge in [0.05, 0.1) is 12.0 Å². The zero-order valence-electron chi connectivity index (χ0n) is 10.0. The van der Waals surface area contributed by atoms with Gasteiger partial charge in [0.15, 0.2) is 0 Å². The first-order valence-corrected chi connectivity index (χ1v) is 5.76.